The monoisotopic (exact) mass is 464 g/mol. The van der Waals surface area contributed by atoms with Crippen LogP contribution < -0.4 is 20.7 Å². The number of anilines is 3. The molecule has 2 fully saturated rings. The number of aromatic amines is 1. The highest BCUT2D eigenvalue weighted by molar-refractivity contribution is 7.71. The van der Waals surface area contributed by atoms with Gasteiger partial charge in [0.05, 0.1) is 29.4 Å². The van der Waals surface area contributed by atoms with E-state index in [1.165, 1.54) is 12.8 Å². The third-order valence-corrected chi connectivity index (χ3v) is 9.67. The molecule has 0 amide bonds. The zero-order valence-electron chi connectivity index (χ0n) is 19.0. The Bertz CT molecular complexity index is 1260. The first-order chi connectivity index (χ1) is 16.0. The summed E-state index contributed by atoms with van der Waals surface area (Å²) in [6, 6.07) is 10.6. The Balaban J connectivity index is 1.41. The van der Waals surface area contributed by atoms with Crippen LogP contribution in [0.1, 0.15) is 25.3 Å². The van der Waals surface area contributed by atoms with Crippen molar-refractivity contribution >= 4 is 40.7 Å². The summed E-state index contributed by atoms with van der Waals surface area (Å²) in [7, 11) is -0.793. The van der Waals surface area contributed by atoms with Gasteiger partial charge in [0.1, 0.15) is 30.4 Å². The lowest BCUT2D eigenvalue weighted by molar-refractivity contribution is 0.285. The summed E-state index contributed by atoms with van der Waals surface area (Å²) in [5.74, 6) is 1.27. The number of nitriles is 1. The van der Waals surface area contributed by atoms with Crippen molar-refractivity contribution in [2.45, 2.75) is 25.8 Å². The minimum Gasteiger partial charge on any atom is -0.495 e. The van der Waals surface area contributed by atoms with Crippen LogP contribution >= 0.6 is 7.14 Å². The minimum atomic E-state index is -2.42. The number of hydrogen-bond donors (Lipinski definition) is 3. The maximum absolute atomic E-state index is 13.7. The number of nitrogens with one attached hydrogen (secondary N) is 3. The molecule has 8 nitrogen and oxygen atoms in total. The van der Waals surface area contributed by atoms with E-state index in [0.717, 1.165) is 60.1 Å². The highest BCUT2D eigenvalue weighted by atomic mass is 31.2. The van der Waals surface area contributed by atoms with Gasteiger partial charge in [0.2, 0.25) is 0 Å². The van der Waals surface area contributed by atoms with Gasteiger partial charge in [0, 0.05) is 55.6 Å². The molecule has 0 unspecified atom stereocenters. The van der Waals surface area contributed by atoms with Crippen LogP contribution in [0.15, 0.2) is 30.5 Å². The number of ether oxygens (including phenoxy) is 1. The van der Waals surface area contributed by atoms with Gasteiger partial charge < -0.3 is 24.9 Å². The number of hydrogen-bond acceptors (Lipinski definition) is 7. The molecule has 2 aromatic heterocycles. The summed E-state index contributed by atoms with van der Waals surface area (Å²) < 4.78 is 19.4. The van der Waals surface area contributed by atoms with Crippen molar-refractivity contribution in [2.75, 3.05) is 49.7 Å². The molecule has 1 aliphatic heterocycles. The van der Waals surface area contributed by atoms with Crippen LogP contribution in [-0.2, 0) is 4.57 Å². The Labute approximate surface area is 193 Å². The smallest absolute Gasteiger partial charge is 0.143 e. The number of fused-ring (bicyclic) bond motifs is 1. The fraction of sp³-hybridized carbons (Fsp3) is 0.417. The first-order valence-electron chi connectivity index (χ1n) is 11.5. The molecule has 1 saturated heterocycles. The van der Waals surface area contributed by atoms with Gasteiger partial charge in [0.25, 0.3) is 0 Å². The van der Waals surface area contributed by atoms with Crippen LogP contribution in [0.2, 0.25) is 0 Å². The first kappa shape index (κ1) is 21.8. The second-order valence-electron chi connectivity index (χ2n) is 8.74. The number of methoxy groups -OCH3 is 1. The number of rotatable bonds is 7. The molecule has 1 aliphatic carbocycles. The predicted octanol–water partition coefficient (Wildman–Crippen LogP) is 4.08. The molecule has 172 valence electrons. The highest BCUT2D eigenvalue weighted by Crippen LogP contribution is 2.49. The topological polar surface area (TPSA) is 106 Å². The van der Waals surface area contributed by atoms with Crippen LogP contribution in [0.3, 0.4) is 0 Å². The normalized spacial score (nSPS) is 18.1. The highest BCUT2D eigenvalue weighted by Gasteiger charge is 2.37. The fourth-order valence-electron chi connectivity index (χ4n) is 4.66. The van der Waals surface area contributed by atoms with Gasteiger partial charge in [-0.15, -0.1) is 0 Å². The predicted molar refractivity (Wildman–Crippen MR) is 133 cm³/mol. The molecule has 1 aromatic carbocycles. The Kier molecular flexibility index (Phi) is 5.77. The second kappa shape index (κ2) is 8.74. The lowest BCUT2D eigenvalue weighted by Crippen LogP contribution is -2.38. The van der Waals surface area contributed by atoms with E-state index < -0.39 is 7.14 Å². The van der Waals surface area contributed by atoms with Crippen LogP contribution in [0.5, 0.6) is 5.75 Å². The largest absolute Gasteiger partial charge is 0.495 e. The van der Waals surface area contributed by atoms with E-state index in [4.69, 9.17) is 4.74 Å². The van der Waals surface area contributed by atoms with Crippen LogP contribution in [0.25, 0.3) is 11.0 Å². The van der Waals surface area contributed by atoms with E-state index in [0.29, 0.717) is 22.8 Å². The molecule has 33 heavy (non-hydrogen) atoms. The molecule has 9 heteroatoms. The molecule has 0 bridgehead atoms. The maximum Gasteiger partial charge on any atom is 0.143 e. The summed E-state index contributed by atoms with van der Waals surface area (Å²) in [4.78, 5) is 10.2. The number of nitrogens with zero attached hydrogens (tertiary/aromatic N) is 3. The van der Waals surface area contributed by atoms with E-state index in [1.54, 1.807) is 13.3 Å². The van der Waals surface area contributed by atoms with E-state index >= 15 is 0 Å². The summed E-state index contributed by atoms with van der Waals surface area (Å²) in [5.41, 5.74) is 2.78. The summed E-state index contributed by atoms with van der Waals surface area (Å²) in [6.45, 7) is 4.57. The molecule has 0 atom stereocenters. The molecule has 1 saturated carbocycles. The van der Waals surface area contributed by atoms with E-state index in [2.05, 4.69) is 31.6 Å². The van der Waals surface area contributed by atoms with Crippen molar-refractivity contribution in [3.8, 4) is 11.8 Å². The van der Waals surface area contributed by atoms with Crippen molar-refractivity contribution in [2.24, 2.45) is 0 Å². The van der Waals surface area contributed by atoms with Crippen molar-refractivity contribution < 1.29 is 9.30 Å². The van der Waals surface area contributed by atoms with Crippen molar-refractivity contribution in [3.63, 3.8) is 0 Å². The number of benzene rings is 1. The summed E-state index contributed by atoms with van der Waals surface area (Å²) in [6.07, 6.45) is 5.71. The molecule has 0 spiro atoms. The second-order valence-corrected chi connectivity index (χ2v) is 11.9. The molecule has 3 N–H and O–H groups in total. The average molecular weight is 465 g/mol. The van der Waals surface area contributed by atoms with E-state index in [-0.39, 0.29) is 0 Å². The van der Waals surface area contributed by atoms with Gasteiger partial charge in [-0.25, -0.2) is 4.98 Å². The van der Waals surface area contributed by atoms with Crippen LogP contribution in [-0.4, -0.2) is 60.0 Å². The Morgan fingerprint density at radius 2 is 2.06 bits per heavy atom. The van der Waals surface area contributed by atoms with Gasteiger partial charge in [-0.1, -0.05) is 0 Å². The lowest BCUT2D eigenvalue weighted by Gasteiger charge is -2.32. The third-order valence-electron chi connectivity index (χ3n) is 6.61. The van der Waals surface area contributed by atoms with Crippen LogP contribution in [0, 0.1) is 11.3 Å². The van der Waals surface area contributed by atoms with E-state index in [1.807, 2.05) is 31.2 Å². The number of aromatic nitrogens is 2. The minimum absolute atomic E-state index is 0.555. The van der Waals surface area contributed by atoms with E-state index in [9.17, 15) is 9.83 Å². The zero-order valence-corrected chi connectivity index (χ0v) is 19.9. The van der Waals surface area contributed by atoms with Crippen molar-refractivity contribution in [1.29, 1.82) is 5.26 Å². The molecular formula is C24H29N6O2P. The molecule has 3 aromatic rings. The summed E-state index contributed by atoms with van der Waals surface area (Å²) in [5, 5.41) is 17.7. The lowest BCUT2D eigenvalue weighted by atomic mass is 10.2. The number of pyridine rings is 1. The molecule has 2 aliphatic rings. The van der Waals surface area contributed by atoms with Crippen molar-refractivity contribution in [1.82, 2.24) is 14.9 Å². The van der Waals surface area contributed by atoms with Crippen molar-refractivity contribution in [3.05, 3.63) is 36.0 Å². The van der Waals surface area contributed by atoms with Gasteiger partial charge in [-0.2, -0.15) is 5.26 Å². The molecule has 3 heterocycles. The molecular weight excluding hydrogens is 435 g/mol. The average Bonchev–Trinajstić information content (AvgIpc) is 3.59. The van der Waals surface area contributed by atoms with Gasteiger partial charge in [-0.05, 0) is 38.0 Å². The third kappa shape index (κ3) is 4.19. The maximum atomic E-state index is 13.7. The summed E-state index contributed by atoms with van der Waals surface area (Å²) >= 11 is 0. The SMILES string of the molecule is CCNc1cc(Nc2ccc(P3(=O)CCN(C4CC4)CC3)cc2OC)nc2[nH]cc(C#N)c12. The fourth-order valence-corrected chi connectivity index (χ4v) is 7.26. The zero-order chi connectivity index (χ0) is 23.0. The van der Waals surface area contributed by atoms with Gasteiger partial charge in [-0.3, -0.25) is 4.90 Å². The Morgan fingerprint density at radius 3 is 2.73 bits per heavy atom. The molecule has 0 radical (unpaired) electrons. The first-order valence-corrected chi connectivity index (χ1v) is 13.6. The van der Waals surface area contributed by atoms with Gasteiger partial charge in [0.15, 0.2) is 0 Å². The number of H-pyrrole nitrogens is 1. The quantitative estimate of drug-likeness (QED) is 0.452. The standard InChI is InChI=1S/C24H29N6O2P/c1-3-26-20-13-22(29-24-23(20)16(14-25)15-27-24)28-19-7-6-18(12-21(19)32-2)33(31)10-8-30(9-11-33)17-4-5-17/h6-7,12-13,15,17H,3-5,8-11H2,1-2H3,(H3,26,27,28,29). The Hall–Kier alpha value is -3.01. The molecule has 5 rings (SSSR count). The van der Waals surface area contributed by atoms with Crippen LogP contribution in [0.4, 0.5) is 17.2 Å². The van der Waals surface area contributed by atoms with Gasteiger partial charge >= 0.3 is 0 Å². The Morgan fingerprint density at radius 1 is 1.27 bits per heavy atom.